The van der Waals surface area contributed by atoms with Gasteiger partial charge in [0.2, 0.25) is 0 Å². The second-order valence-corrected chi connectivity index (χ2v) is 5.58. The van der Waals surface area contributed by atoms with Crippen molar-refractivity contribution >= 4 is 34.2 Å². The van der Waals surface area contributed by atoms with Gasteiger partial charge in [0.25, 0.3) is 5.91 Å². The first-order chi connectivity index (χ1) is 10.9. The topological polar surface area (TPSA) is 90.9 Å². The Hall–Kier alpha value is -1.93. The molecule has 1 amide bonds. The fourth-order valence-corrected chi connectivity index (χ4v) is 2.55. The lowest BCUT2D eigenvalue weighted by Crippen LogP contribution is -2.22. The fourth-order valence-electron chi connectivity index (χ4n) is 1.62. The summed E-state index contributed by atoms with van der Waals surface area (Å²) in [5, 5.41) is 4.27. The summed E-state index contributed by atoms with van der Waals surface area (Å²) in [6.07, 6.45) is -0.0938. The van der Waals surface area contributed by atoms with E-state index in [4.69, 9.17) is 14.2 Å². The maximum Gasteiger partial charge on any atom is 0.342 e. The molecule has 1 aromatic rings. The molecule has 0 saturated carbocycles. The first-order valence-electron chi connectivity index (χ1n) is 7.27. The van der Waals surface area contributed by atoms with Crippen LogP contribution in [-0.4, -0.2) is 43.8 Å². The Morgan fingerprint density at radius 3 is 2.30 bits per heavy atom. The number of rotatable bonds is 8. The molecular formula is C15H21NO6S. The lowest BCUT2D eigenvalue weighted by atomic mass is 10.2. The van der Waals surface area contributed by atoms with Gasteiger partial charge in [-0.1, -0.05) is 0 Å². The highest BCUT2D eigenvalue weighted by Gasteiger charge is 2.26. The number of nitrogens with one attached hydrogen (secondary N) is 1. The van der Waals surface area contributed by atoms with Crippen LogP contribution in [0.1, 0.15) is 48.4 Å². The summed E-state index contributed by atoms with van der Waals surface area (Å²) in [5.74, 6) is -1.73. The Bertz CT molecular complexity index is 566. The molecule has 0 aliphatic rings. The SMILES string of the molecule is CCOC(=O)c1csc(NC(=O)COC(C)C)c1C(=O)OCC. The van der Waals surface area contributed by atoms with E-state index in [-0.39, 0.29) is 42.1 Å². The van der Waals surface area contributed by atoms with Crippen LogP contribution in [0.3, 0.4) is 0 Å². The molecule has 0 bridgehead atoms. The fraction of sp³-hybridized carbons (Fsp3) is 0.533. The highest BCUT2D eigenvalue weighted by Crippen LogP contribution is 2.29. The Balaban J connectivity index is 3.00. The van der Waals surface area contributed by atoms with Crippen LogP contribution in [0.4, 0.5) is 5.00 Å². The van der Waals surface area contributed by atoms with Gasteiger partial charge in [0, 0.05) is 5.38 Å². The first-order valence-corrected chi connectivity index (χ1v) is 8.15. The average Bonchev–Trinajstić information content (AvgIpc) is 2.89. The van der Waals surface area contributed by atoms with Gasteiger partial charge in [0.1, 0.15) is 17.2 Å². The summed E-state index contributed by atoms with van der Waals surface area (Å²) in [4.78, 5) is 35.9. The third kappa shape index (κ3) is 5.65. The van der Waals surface area contributed by atoms with Crippen molar-refractivity contribution in [2.75, 3.05) is 25.1 Å². The normalized spacial score (nSPS) is 10.5. The van der Waals surface area contributed by atoms with Crippen molar-refractivity contribution < 1.29 is 28.6 Å². The van der Waals surface area contributed by atoms with Crippen molar-refractivity contribution in [2.24, 2.45) is 0 Å². The third-order valence-corrected chi connectivity index (χ3v) is 3.46. The minimum absolute atomic E-state index is 0.00759. The van der Waals surface area contributed by atoms with Crippen LogP contribution in [0.5, 0.6) is 0 Å². The molecule has 1 rings (SSSR count). The van der Waals surface area contributed by atoms with E-state index < -0.39 is 17.8 Å². The zero-order chi connectivity index (χ0) is 17.4. The van der Waals surface area contributed by atoms with E-state index >= 15 is 0 Å². The van der Waals surface area contributed by atoms with Crippen LogP contribution < -0.4 is 5.32 Å². The smallest absolute Gasteiger partial charge is 0.342 e. The van der Waals surface area contributed by atoms with Crippen molar-refractivity contribution in [3.8, 4) is 0 Å². The number of amides is 1. The molecule has 0 aliphatic heterocycles. The number of esters is 2. The van der Waals surface area contributed by atoms with E-state index in [1.165, 1.54) is 5.38 Å². The second kappa shape index (κ2) is 9.26. The van der Waals surface area contributed by atoms with Crippen LogP contribution in [0.25, 0.3) is 0 Å². The molecule has 0 radical (unpaired) electrons. The predicted octanol–water partition coefficient (Wildman–Crippen LogP) is 2.47. The van der Waals surface area contributed by atoms with Gasteiger partial charge in [0.05, 0.1) is 24.9 Å². The molecule has 1 aromatic heterocycles. The molecule has 8 heteroatoms. The number of ether oxygens (including phenoxy) is 3. The first kappa shape index (κ1) is 19.1. The lowest BCUT2D eigenvalue weighted by Gasteiger charge is -2.09. The zero-order valence-electron chi connectivity index (χ0n) is 13.6. The van der Waals surface area contributed by atoms with E-state index in [0.29, 0.717) is 0 Å². The largest absolute Gasteiger partial charge is 0.462 e. The standard InChI is InChI=1S/C15H21NO6S/c1-5-20-14(18)10-8-23-13(12(10)15(19)21-6-2)16-11(17)7-22-9(3)4/h8-9H,5-7H2,1-4H3,(H,16,17). The lowest BCUT2D eigenvalue weighted by molar-refractivity contribution is -0.121. The van der Waals surface area contributed by atoms with Gasteiger partial charge in [-0.05, 0) is 27.7 Å². The number of anilines is 1. The highest BCUT2D eigenvalue weighted by molar-refractivity contribution is 7.15. The van der Waals surface area contributed by atoms with Crippen LogP contribution in [-0.2, 0) is 19.0 Å². The summed E-state index contributed by atoms with van der Waals surface area (Å²) < 4.78 is 15.1. The molecule has 1 N–H and O–H groups in total. The summed E-state index contributed by atoms with van der Waals surface area (Å²) in [6, 6.07) is 0. The van der Waals surface area contributed by atoms with Crippen LogP contribution in [0.2, 0.25) is 0 Å². The van der Waals surface area contributed by atoms with Gasteiger partial charge in [-0.25, -0.2) is 9.59 Å². The highest BCUT2D eigenvalue weighted by atomic mass is 32.1. The van der Waals surface area contributed by atoms with Crippen molar-refractivity contribution in [2.45, 2.75) is 33.8 Å². The van der Waals surface area contributed by atoms with Crippen molar-refractivity contribution in [1.82, 2.24) is 0 Å². The number of thiophene rings is 1. The molecule has 128 valence electrons. The van der Waals surface area contributed by atoms with Crippen LogP contribution in [0.15, 0.2) is 5.38 Å². The van der Waals surface area contributed by atoms with E-state index in [2.05, 4.69) is 5.32 Å². The van der Waals surface area contributed by atoms with Gasteiger partial charge < -0.3 is 19.5 Å². The maximum atomic E-state index is 12.1. The second-order valence-electron chi connectivity index (χ2n) is 4.70. The van der Waals surface area contributed by atoms with Crippen LogP contribution >= 0.6 is 11.3 Å². The van der Waals surface area contributed by atoms with Crippen molar-refractivity contribution in [3.05, 3.63) is 16.5 Å². The zero-order valence-corrected chi connectivity index (χ0v) is 14.5. The van der Waals surface area contributed by atoms with Gasteiger partial charge in [-0.3, -0.25) is 4.79 Å². The summed E-state index contributed by atoms with van der Waals surface area (Å²) in [6.45, 7) is 7.13. The van der Waals surface area contributed by atoms with Gasteiger partial charge >= 0.3 is 11.9 Å². The molecular weight excluding hydrogens is 322 g/mol. The summed E-state index contributed by atoms with van der Waals surface area (Å²) in [7, 11) is 0. The van der Waals surface area contributed by atoms with Crippen molar-refractivity contribution in [3.63, 3.8) is 0 Å². The molecule has 0 aliphatic carbocycles. The van der Waals surface area contributed by atoms with E-state index in [1.54, 1.807) is 27.7 Å². The Morgan fingerprint density at radius 2 is 1.74 bits per heavy atom. The number of carbonyl (C=O) groups is 3. The van der Waals surface area contributed by atoms with E-state index in [1.807, 2.05) is 0 Å². The molecule has 0 aromatic carbocycles. The monoisotopic (exact) mass is 343 g/mol. The molecule has 0 saturated heterocycles. The number of hydrogen-bond donors (Lipinski definition) is 1. The molecule has 7 nitrogen and oxygen atoms in total. The molecule has 23 heavy (non-hydrogen) atoms. The molecule has 0 atom stereocenters. The molecule has 1 heterocycles. The minimum Gasteiger partial charge on any atom is -0.462 e. The van der Waals surface area contributed by atoms with Gasteiger partial charge in [-0.15, -0.1) is 11.3 Å². The van der Waals surface area contributed by atoms with Gasteiger partial charge in [0.15, 0.2) is 0 Å². The molecule has 0 unspecified atom stereocenters. The molecule has 0 spiro atoms. The number of hydrogen-bond acceptors (Lipinski definition) is 7. The Morgan fingerprint density at radius 1 is 1.13 bits per heavy atom. The summed E-state index contributed by atoms with van der Waals surface area (Å²) in [5.41, 5.74) is 0.0866. The van der Waals surface area contributed by atoms with E-state index in [0.717, 1.165) is 11.3 Å². The predicted molar refractivity (Wildman–Crippen MR) is 85.9 cm³/mol. The van der Waals surface area contributed by atoms with Crippen LogP contribution in [0, 0.1) is 0 Å². The Kier molecular flexibility index (Phi) is 7.70. The Labute approximate surface area is 138 Å². The number of carbonyl (C=O) groups excluding carboxylic acids is 3. The van der Waals surface area contributed by atoms with Crippen molar-refractivity contribution in [1.29, 1.82) is 0 Å². The van der Waals surface area contributed by atoms with Gasteiger partial charge in [-0.2, -0.15) is 0 Å². The third-order valence-electron chi connectivity index (χ3n) is 2.57. The quantitative estimate of drug-likeness (QED) is 0.729. The maximum absolute atomic E-state index is 12.1. The molecule has 0 fully saturated rings. The average molecular weight is 343 g/mol. The van der Waals surface area contributed by atoms with E-state index in [9.17, 15) is 14.4 Å². The minimum atomic E-state index is -0.683. The summed E-state index contributed by atoms with van der Waals surface area (Å²) >= 11 is 1.06.